The molecule has 0 saturated carbocycles. The van der Waals surface area contributed by atoms with E-state index >= 15 is 0 Å². The molecule has 1 aromatic rings. The van der Waals surface area contributed by atoms with Crippen LogP contribution in [0.3, 0.4) is 0 Å². The second kappa shape index (κ2) is 7.55. The number of piperidine rings is 1. The average Bonchev–Trinajstić information content (AvgIpc) is 2.49. The fourth-order valence-corrected chi connectivity index (χ4v) is 2.75. The van der Waals surface area contributed by atoms with E-state index in [1.54, 1.807) is 7.11 Å². The van der Waals surface area contributed by atoms with Gasteiger partial charge >= 0.3 is 0 Å². The van der Waals surface area contributed by atoms with Crippen molar-refractivity contribution in [2.75, 3.05) is 26.7 Å². The number of halogens is 1. The summed E-state index contributed by atoms with van der Waals surface area (Å²) in [7, 11) is 1.63. The lowest BCUT2D eigenvalue weighted by atomic mass is 10.00. The molecule has 0 unspecified atom stereocenters. The molecule has 0 bridgehead atoms. The molecule has 0 atom stereocenters. The van der Waals surface area contributed by atoms with Crippen molar-refractivity contribution in [3.63, 3.8) is 0 Å². The number of aliphatic imine (C=N–C) groups is 1. The predicted molar refractivity (Wildman–Crippen MR) is 88.2 cm³/mol. The van der Waals surface area contributed by atoms with Crippen LogP contribution >= 0.6 is 11.6 Å². The van der Waals surface area contributed by atoms with Gasteiger partial charge in [-0.3, -0.25) is 4.99 Å². The molecule has 2 rings (SSSR count). The highest BCUT2D eigenvalue weighted by atomic mass is 35.5. The lowest BCUT2D eigenvalue weighted by Gasteiger charge is -2.31. The third-order valence-corrected chi connectivity index (χ3v) is 4.37. The molecule has 1 aliphatic rings. The molecule has 0 aliphatic carbocycles. The smallest absolute Gasteiger partial charge is 0.191 e. The van der Waals surface area contributed by atoms with E-state index in [9.17, 15) is 0 Å². The summed E-state index contributed by atoms with van der Waals surface area (Å²) >= 11 is 6.22. The number of hydrogen-bond acceptors (Lipinski definition) is 2. The van der Waals surface area contributed by atoms with E-state index in [0.29, 0.717) is 12.5 Å². The Hall–Kier alpha value is -1.42. The maximum absolute atomic E-state index is 6.22. The molecule has 21 heavy (non-hydrogen) atoms. The van der Waals surface area contributed by atoms with Crippen LogP contribution in [0.25, 0.3) is 0 Å². The summed E-state index contributed by atoms with van der Waals surface area (Å²) in [6, 6.07) is 5.73. The maximum Gasteiger partial charge on any atom is 0.191 e. The van der Waals surface area contributed by atoms with Crippen molar-refractivity contribution < 1.29 is 4.74 Å². The number of likely N-dealkylation sites (tertiary alicyclic amines) is 1. The molecule has 0 radical (unpaired) electrons. The minimum Gasteiger partial charge on any atom is -0.497 e. The van der Waals surface area contributed by atoms with Gasteiger partial charge in [0.15, 0.2) is 5.96 Å². The fourth-order valence-electron chi connectivity index (χ4n) is 2.49. The van der Waals surface area contributed by atoms with Gasteiger partial charge < -0.3 is 15.4 Å². The van der Waals surface area contributed by atoms with Gasteiger partial charge in [-0.05, 0) is 42.9 Å². The first kappa shape index (κ1) is 16.0. The van der Waals surface area contributed by atoms with Crippen molar-refractivity contribution in [2.45, 2.75) is 26.2 Å². The quantitative estimate of drug-likeness (QED) is 0.687. The summed E-state index contributed by atoms with van der Waals surface area (Å²) in [5.74, 6) is 2.23. The standard InChI is InChI=1S/C16H24ClN3O/c1-12-6-9-20(10-7-12)16(18)19-8-5-13-3-4-14(21-2)11-15(13)17/h3-4,11-12H,5-10H2,1-2H3,(H2,18,19). The monoisotopic (exact) mass is 309 g/mol. The average molecular weight is 310 g/mol. The second-order valence-electron chi connectivity index (χ2n) is 5.62. The van der Waals surface area contributed by atoms with E-state index < -0.39 is 0 Å². The Morgan fingerprint density at radius 2 is 2.14 bits per heavy atom. The van der Waals surface area contributed by atoms with E-state index in [0.717, 1.165) is 41.8 Å². The van der Waals surface area contributed by atoms with E-state index in [4.69, 9.17) is 22.1 Å². The largest absolute Gasteiger partial charge is 0.497 e. The van der Waals surface area contributed by atoms with Crippen molar-refractivity contribution in [1.82, 2.24) is 4.90 Å². The Labute approximate surface area is 131 Å². The molecule has 1 fully saturated rings. The lowest BCUT2D eigenvalue weighted by molar-refractivity contribution is 0.277. The highest BCUT2D eigenvalue weighted by Gasteiger charge is 2.16. The first-order chi connectivity index (χ1) is 10.1. The zero-order valence-corrected chi connectivity index (χ0v) is 13.6. The van der Waals surface area contributed by atoms with Crippen molar-refractivity contribution in [2.24, 2.45) is 16.6 Å². The zero-order valence-electron chi connectivity index (χ0n) is 12.8. The first-order valence-corrected chi connectivity index (χ1v) is 7.85. The number of rotatable bonds is 4. The summed E-state index contributed by atoms with van der Waals surface area (Å²) in [5.41, 5.74) is 7.14. The van der Waals surface area contributed by atoms with Gasteiger partial charge in [-0.25, -0.2) is 0 Å². The van der Waals surface area contributed by atoms with Crippen LogP contribution in [0.2, 0.25) is 5.02 Å². The normalized spacial score (nSPS) is 17.1. The van der Waals surface area contributed by atoms with Gasteiger partial charge in [0, 0.05) is 24.7 Å². The van der Waals surface area contributed by atoms with E-state index in [1.165, 1.54) is 12.8 Å². The molecule has 116 valence electrons. The van der Waals surface area contributed by atoms with Crippen LogP contribution in [0.5, 0.6) is 5.75 Å². The molecule has 0 aromatic heterocycles. The van der Waals surface area contributed by atoms with Gasteiger partial charge in [-0.1, -0.05) is 24.6 Å². The van der Waals surface area contributed by atoms with Gasteiger partial charge in [-0.15, -0.1) is 0 Å². The second-order valence-corrected chi connectivity index (χ2v) is 6.02. The van der Waals surface area contributed by atoms with E-state index in [1.807, 2.05) is 18.2 Å². The van der Waals surface area contributed by atoms with Crippen molar-refractivity contribution in [3.8, 4) is 5.75 Å². The van der Waals surface area contributed by atoms with Gasteiger partial charge in [0.1, 0.15) is 5.75 Å². The number of benzene rings is 1. The minimum absolute atomic E-state index is 0.657. The van der Waals surface area contributed by atoms with Crippen LogP contribution in [0.15, 0.2) is 23.2 Å². The molecular weight excluding hydrogens is 286 g/mol. The molecule has 5 heteroatoms. The number of nitrogens with zero attached hydrogens (tertiary/aromatic N) is 2. The summed E-state index contributed by atoms with van der Waals surface area (Å²) < 4.78 is 5.14. The van der Waals surface area contributed by atoms with Crippen molar-refractivity contribution in [1.29, 1.82) is 0 Å². The minimum atomic E-state index is 0.657. The summed E-state index contributed by atoms with van der Waals surface area (Å²) in [6.45, 7) is 4.97. The summed E-state index contributed by atoms with van der Waals surface area (Å²) in [5, 5.41) is 0.718. The predicted octanol–water partition coefficient (Wildman–Crippen LogP) is 2.94. The van der Waals surface area contributed by atoms with Gasteiger partial charge in [-0.2, -0.15) is 0 Å². The van der Waals surface area contributed by atoms with Crippen molar-refractivity contribution >= 4 is 17.6 Å². The zero-order chi connectivity index (χ0) is 15.2. The number of nitrogens with two attached hydrogens (primary N) is 1. The molecule has 0 amide bonds. The molecular formula is C16H24ClN3O. The van der Waals surface area contributed by atoms with Gasteiger partial charge in [0.05, 0.1) is 7.11 Å². The fraction of sp³-hybridized carbons (Fsp3) is 0.562. The molecule has 1 aliphatic heterocycles. The Bertz CT molecular complexity index is 496. The lowest BCUT2D eigenvalue weighted by Crippen LogP contribution is -2.42. The highest BCUT2D eigenvalue weighted by Crippen LogP contribution is 2.22. The van der Waals surface area contributed by atoms with E-state index in [2.05, 4.69) is 16.8 Å². The molecule has 2 N–H and O–H groups in total. The third kappa shape index (κ3) is 4.53. The number of hydrogen-bond donors (Lipinski definition) is 1. The highest BCUT2D eigenvalue weighted by molar-refractivity contribution is 6.31. The summed E-state index contributed by atoms with van der Waals surface area (Å²) in [6.07, 6.45) is 3.18. The molecule has 1 saturated heterocycles. The SMILES string of the molecule is COc1ccc(CCN=C(N)N2CCC(C)CC2)c(Cl)c1. The number of ether oxygens (including phenoxy) is 1. The first-order valence-electron chi connectivity index (χ1n) is 7.47. The Morgan fingerprint density at radius 3 is 2.76 bits per heavy atom. The van der Waals surface area contributed by atoms with E-state index in [-0.39, 0.29) is 0 Å². The number of methoxy groups -OCH3 is 1. The number of guanidine groups is 1. The Morgan fingerprint density at radius 1 is 1.43 bits per heavy atom. The maximum atomic E-state index is 6.22. The van der Waals surface area contributed by atoms with Crippen LogP contribution < -0.4 is 10.5 Å². The molecule has 0 spiro atoms. The molecule has 1 heterocycles. The molecule has 4 nitrogen and oxygen atoms in total. The van der Waals surface area contributed by atoms with Crippen LogP contribution in [0.1, 0.15) is 25.3 Å². The Balaban J connectivity index is 1.86. The topological polar surface area (TPSA) is 50.9 Å². The van der Waals surface area contributed by atoms with Crippen LogP contribution in [0.4, 0.5) is 0 Å². The van der Waals surface area contributed by atoms with Gasteiger partial charge in [0.25, 0.3) is 0 Å². The Kier molecular flexibility index (Phi) is 5.74. The van der Waals surface area contributed by atoms with Crippen molar-refractivity contribution in [3.05, 3.63) is 28.8 Å². The van der Waals surface area contributed by atoms with Gasteiger partial charge in [0.2, 0.25) is 0 Å². The third-order valence-electron chi connectivity index (χ3n) is 4.02. The van der Waals surface area contributed by atoms with Crippen LogP contribution in [0, 0.1) is 5.92 Å². The summed E-state index contributed by atoms with van der Waals surface area (Å²) in [4.78, 5) is 6.66. The molecule has 1 aromatic carbocycles. The van der Waals surface area contributed by atoms with Crippen LogP contribution in [-0.2, 0) is 6.42 Å². The van der Waals surface area contributed by atoms with Crippen LogP contribution in [-0.4, -0.2) is 37.6 Å².